The van der Waals surface area contributed by atoms with Crippen LogP contribution in [-0.4, -0.2) is 63.3 Å². The molecule has 5 nitrogen and oxygen atoms in total. The van der Waals surface area contributed by atoms with Gasteiger partial charge in [-0.05, 0) is 70.9 Å². The van der Waals surface area contributed by atoms with Crippen molar-refractivity contribution in [1.82, 2.24) is 15.5 Å². The van der Waals surface area contributed by atoms with Crippen LogP contribution in [0.4, 0.5) is 0 Å². The van der Waals surface area contributed by atoms with E-state index in [1.807, 2.05) is 7.05 Å². The molecule has 24 heavy (non-hydrogen) atoms. The molecule has 1 atom stereocenters. The number of aliphatic imine (C=N–C) groups is 1. The van der Waals surface area contributed by atoms with Gasteiger partial charge in [-0.3, -0.25) is 4.99 Å². The van der Waals surface area contributed by atoms with Gasteiger partial charge < -0.3 is 20.3 Å². The molecule has 1 heterocycles. The molecule has 0 bridgehead atoms. The highest BCUT2D eigenvalue weighted by Gasteiger charge is 2.20. The average Bonchev–Trinajstić information content (AvgIpc) is 3.41. The molecule has 1 aliphatic carbocycles. The second-order valence-corrected chi connectivity index (χ2v) is 7.39. The fourth-order valence-corrected chi connectivity index (χ4v) is 3.27. The van der Waals surface area contributed by atoms with Gasteiger partial charge in [0.2, 0.25) is 0 Å². The molecule has 1 saturated heterocycles. The standard InChI is InChI=1S/C19H38N4O/c1-17-8-3-5-13-23(17)14-6-4-11-21-19(20-2)22-12-7-15-24-16-18-9-10-18/h17-18H,3-16H2,1-2H3,(H2,20,21,22). The molecule has 2 aliphatic rings. The maximum absolute atomic E-state index is 5.65. The molecular formula is C19H38N4O. The Balaban J connectivity index is 1.41. The highest BCUT2D eigenvalue weighted by molar-refractivity contribution is 5.79. The number of nitrogens with zero attached hydrogens (tertiary/aromatic N) is 2. The SMILES string of the molecule is CN=C(NCCCCN1CCCCC1C)NCCCOCC1CC1. The van der Waals surface area contributed by atoms with E-state index in [0.717, 1.165) is 50.6 Å². The first-order valence-corrected chi connectivity index (χ1v) is 10.1. The molecule has 0 aromatic rings. The lowest BCUT2D eigenvalue weighted by Gasteiger charge is -2.33. The molecule has 2 N–H and O–H groups in total. The number of hydrogen-bond acceptors (Lipinski definition) is 3. The van der Waals surface area contributed by atoms with Gasteiger partial charge in [0.25, 0.3) is 0 Å². The number of likely N-dealkylation sites (tertiary alicyclic amines) is 1. The van der Waals surface area contributed by atoms with Crippen molar-refractivity contribution in [3.05, 3.63) is 0 Å². The topological polar surface area (TPSA) is 48.9 Å². The highest BCUT2D eigenvalue weighted by atomic mass is 16.5. The van der Waals surface area contributed by atoms with E-state index in [1.165, 1.54) is 58.0 Å². The molecule has 0 radical (unpaired) electrons. The second kappa shape index (κ2) is 11.7. The predicted molar refractivity (Wildman–Crippen MR) is 102 cm³/mol. The summed E-state index contributed by atoms with van der Waals surface area (Å²) in [6.45, 7) is 8.65. The summed E-state index contributed by atoms with van der Waals surface area (Å²) >= 11 is 0. The Morgan fingerprint density at radius 1 is 1.08 bits per heavy atom. The highest BCUT2D eigenvalue weighted by Crippen LogP contribution is 2.28. The van der Waals surface area contributed by atoms with Crippen LogP contribution in [-0.2, 0) is 4.74 Å². The largest absolute Gasteiger partial charge is 0.381 e. The van der Waals surface area contributed by atoms with Crippen molar-refractivity contribution >= 4 is 5.96 Å². The Bertz CT molecular complexity index is 357. The van der Waals surface area contributed by atoms with Crippen molar-refractivity contribution in [2.45, 2.75) is 64.3 Å². The Kier molecular flexibility index (Phi) is 9.51. The van der Waals surface area contributed by atoms with Crippen LogP contribution in [0.2, 0.25) is 0 Å². The van der Waals surface area contributed by atoms with Crippen molar-refractivity contribution in [2.75, 3.05) is 46.4 Å². The second-order valence-electron chi connectivity index (χ2n) is 7.39. The maximum Gasteiger partial charge on any atom is 0.190 e. The number of guanidine groups is 1. The van der Waals surface area contributed by atoms with Crippen LogP contribution in [0.15, 0.2) is 4.99 Å². The third-order valence-corrected chi connectivity index (χ3v) is 5.14. The van der Waals surface area contributed by atoms with E-state index in [1.54, 1.807) is 0 Å². The number of unbranched alkanes of at least 4 members (excludes halogenated alkanes) is 1. The summed E-state index contributed by atoms with van der Waals surface area (Å²) in [7, 11) is 1.84. The predicted octanol–water partition coefficient (Wildman–Crippen LogP) is 2.62. The molecule has 2 rings (SSSR count). The minimum absolute atomic E-state index is 0.781. The molecule has 0 aromatic carbocycles. The molecule has 0 amide bonds. The van der Waals surface area contributed by atoms with E-state index in [2.05, 4.69) is 27.4 Å². The van der Waals surface area contributed by atoms with Gasteiger partial charge in [-0.25, -0.2) is 0 Å². The number of nitrogens with one attached hydrogen (secondary N) is 2. The summed E-state index contributed by atoms with van der Waals surface area (Å²) in [5.74, 6) is 1.78. The number of hydrogen-bond donors (Lipinski definition) is 2. The maximum atomic E-state index is 5.65. The molecule has 1 aliphatic heterocycles. The fraction of sp³-hybridized carbons (Fsp3) is 0.947. The lowest BCUT2D eigenvalue weighted by molar-refractivity contribution is 0.123. The quantitative estimate of drug-likeness (QED) is 0.345. The minimum atomic E-state index is 0.781. The van der Waals surface area contributed by atoms with Crippen molar-refractivity contribution < 1.29 is 4.74 Å². The van der Waals surface area contributed by atoms with Crippen LogP contribution >= 0.6 is 0 Å². The van der Waals surface area contributed by atoms with Gasteiger partial charge >= 0.3 is 0 Å². The van der Waals surface area contributed by atoms with Crippen molar-refractivity contribution in [1.29, 1.82) is 0 Å². The van der Waals surface area contributed by atoms with Crippen LogP contribution in [0.3, 0.4) is 0 Å². The summed E-state index contributed by atoms with van der Waals surface area (Å²) in [6.07, 6.45) is 10.4. The zero-order valence-electron chi connectivity index (χ0n) is 15.9. The summed E-state index contributed by atoms with van der Waals surface area (Å²) < 4.78 is 5.65. The number of piperidine rings is 1. The third kappa shape index (κ3) is 8.34. The van der Waals surface area contributed by atoms with Crippen LogP contribution in [0.1, 0.15) is 58.3 Å². The van der Waals surface area contributed by atoms with E-state index in [0.29, 0.717) is 0 Å². The normalized spacial score (nSPS) is 22.6. The monoisotopic (exact) mass is 338 g/mol. The van der Waals surface area contributed by atoms with Crippen LogP contribution in [0.5, 0.6) is 0 Å². The van der Waals surface area contributed by atoms with Crippen molar-refractivity contribution in [3.63, 3.8) is 0 Å². The summed E-state index contributed by atoms with van der Waals surface area (Å²) in [5, 5.41) is 6.79. The molecule has 140 valence electrons. The number of ether oxygens (including phenoxy) is 1. The van der Waals surface area contributed by atoms with Gasteiger partial charge in [-0.1, -0.05) is 6.42 Å². The van der Waals surface area contributed by atoms with E-state index < -0.39 is 0 Å². The first-order valence-electron chi connectivity index (χ1n) is 10.1. The Morgan fingerprint density at radius 2 is 1.88 bits per heavy atom. The zero-order valence-corrected chi connectivity index (χ0v) is 15.9. The lowest BCUT2D eigenvalue weighted by atomic mass is 10.0. The molecule has 0 aromatic heterocycles. The number of rotatable bonds is 11. The van der Waals surface area contributed by atoms with Crippen LogP contribution < -0.4 is 10.6 Å². The van der Waals surface area contributed by atoms with Gasteiger partial charge in [-0.15, -0.1) is 0 Å². The van der Waals surface area contributed by atoms with Gasteiger partial charge in [-0.2, -0.15) is 0 Å². The molecular weight excluding hydrogens is 300 g/mol. The first-order chi connectivity index (χ1) is 11.8. The van der Waals surface area contributed by atoms with Gasteiger partial charge in [0.1, 0.15) is 0 Å². The summed E-state index contributed by atoms with van der Waals surface area (Å²) in [4.78, 5) is 6.94. The van der Waals surface area contributed by atoms with Crippen LogP contribution in [0, 0.1) is 5.92 Å². The van der Waals surface area contributed by atoms with E-state index in [9.17, 15) is 0 Å². The molecule has 1 saturated carbocycles. The Labute approximate surface area is 148 Å². The molecule has 2 fully saturated rings. The average molecular weight is 339 g/mol. The van der Waals surface area contributed by atoms with Crippen molar-refractivity contribution in [3.8, 4) is 0 Å². The van der Waals surface area contributed by atoms with E-state index in [4.69, 9.17) is 4.74 Å². The molecule has 1 unspecified atom stereocenters. The van der Waals surface area contributed by atoms with Crippen LogP contribution in [0.25, 0.3) is 0 Å². The van der Waals surface area contributed by atoms with Gasteiger partial charge in [0.05, 0.1) is 0 Å². The molecule has 5 heteroatoms. The van der Waals surface area contributed by atoms with Crippen molar-refractivity contribution in [2.24, 2.45) is 10.9 Å². The zero-order chi connectivity index (χ0) is 17.0. The Hall–Kier alpha value is -0.810. The van der Waals surface area contributed by atoms with Gasteiger partial charge in [0.15, 0.2) is 5.96 Å². The summed E-state index contributed by atoms with van der Waals surface area (Å²) in [6, 6.07) is 0.781. The smallest absolute Gasteiger partial charge is 0.190 e. The lowest BCUT2D eigenvalue weighted by Crippen LogP contribution is -2.39. The minimum Gasteiger partial charge on any atom is -0.381 e. The van der Waals surface area contributed by atoms with E-state index in [-0.39, 0.29) is 0 Å². The first kappa shape index (κ1) is 19.5. The van der Waals surface area contributed by atoms with Gasteiger partial charge in [0, 0.05) is 39.4 Å². The third-order valence-electron chi connectivity index (χ3n) is 5.14. The molecule has 0 spiro atoms. The van der Waals surface area contributed by atoms with E-state index >= 15 is 0 Å². The fourth-order valence-electron chi connectivity index (χ4n) is 3.27. The Morgan fingerprint density at radius 3 is 2.58 bits per heavy atom. The summed E-state index contributed by atoms with van der Waals surface area (Å²) in [5.41, 5.74) is 0.